The number of phenols is 1. The lowest BCUT2D eigenvalue weighted by atomic mass is 10.0. The zero-order valence-electron chi connectivity index (χ0n) is 12.0. The first-order valence-electron chi connectivity index (χ1n) is 7.01. The van der Waals surface area contributed by atoms with Gasteiger partial charge >= 0.3 is 0 Å². The molecule has 0 aromatic heterocycles. The van der Waals surface area contributed by atoms with E-state index in [1.54, 1.807) is 30.1 Å². The highest BCUT2D eigenvalue weighted by Gasteiger charge is 2.35. The number of nitrogens with one attached hydrogen (secondary N) is 1. The van der Waals surface area contributed by atoms with Gasteiger partial charge in [-0.05, 0) is 25.1 Å². The van der Waals surface area contributed by atoms with Crippen molar-refractivity contribution in [3.05, 3.63) is 24.3 Å². The molecule has 1 aliphatic rings. The highest BCUT2D eigenvalue weighted by molar-refractivity contribution is 5.95. The minimum atomic E-state index is -0.172. The maximum Gasteiger partial charge on any atom is 0.233 e. The van der Waals surface area contributed by atoms with Crippen LogP contribution in [0.2, 0.25) is 0 Å². The lowest BCUT2D eigenvalue weighted by Gasteiger charge is -2.24. The fourth-order valence-corrected chi connectivity index (χ4v) is 2.41. The predicted octanol–water partition coefficient (Wildman–Crippen LogP) is 1.37. The predicted molar refractivity (Wildman–Crippen MR) is 77.9 cm³/mol. The maximum atomic E-state index is 12.6. The van der Waals surface area contributed by atoms with E-state index in [-0.39, 0.29) is 23.6 Å². The topological polar surface area (TPSA) is 61.8 Å². The number of nitrogens with zero attached hydrogens (tertiary/aromatic N) is 1. The Bertz CT molecular complexity index is 464. The molecule has 5 heteroatoms. The Hall–Kier alpha value is -1.59. The van der Waals surface area contributed by atoms with Crippen LogP contribution in [0.4, 0.5) is 5.69 Å². The van der Waals surface area contributed by atoms with E-state index in [1.165, 1.54) is 0 Å². The van der Waals surface area contributed by atoms with E-state index < -0.39 is 0 Å². The molecule has 0 spiro atoms. The van der Waals surface area contributed by atoms with Crippen LogP contribution in [-0.4, -0.2) is 43.9 Å². The number of hydrogen-bond acceptors (Lipinski definition) is 4. The highest BCUT2D eigenvalue weighted by atomic mass is 16.5. The number of carbonyl (C=O) groups excluding carboxylic acids is 1. The summed E-state index contributed by atoms with van der Waals surface area (Å²) >= 11 is 0. The van der Waals surface area contributed by atoms with Crippen molar-refractivity contribution in [2.45, 2.75) is 19.4 Å². The van der Waals surface area contributed by atoms with Gasteiger partial charge in [0, 0.05) is 24.8 Å². The van der Waals surface area contributed by atoms with Crippen molar-refractivity contribution in [1.29, 1.82) is 0 Å². The van der Waals surface area contributed by atoms with Crippen molar-refractivity contribution < 1.29 is 14.6 Å². The zero-order chi connectivity index (χ0) is 14.5. The first kappa shape index (κ1) is 14.8. The third kappa shape index (κ3) is 3.29. The Labute approximate surface area is 119 Å². The Balaban J connectivity index is 2.06. The molecule has 1 fully saturated rings. The van der Waals surface area contributed by atoms with Gasteiger partial charge in [0.15, 0.2) is 0 Å². The molecular weight excluding hydrogens is 256 g/mol. The summed E-state index contributed by atoms with van der Waals surface area (Å²) in [5.74, 6) is 0.00100. The number of carbonyl (C=O) groups is 1. The molecule has 20 heavy (non-hydrogen) atoms. The molecule has 1 amide bonds. The van der Waals surface area contributed by atoms with Gasteiger partial charge in [0.1, 0.15) is 5.75 Å². The second-order valence-corrected chi connectivity index (χ2v) is 5.12. The van der Waals surface area contributed by atoms with Crippen molar-refractivity contribution in [3.8, 4) is 5.75 Å². The minimum absolute atomic E-state index is 0.0155. The average Bonchev–Trinajstić information content (AvgIpc) is 2.91. The van der Waals surface area contributed by atoms with Gasteiger partial charge in [0.2, 0.25) is 5.91 Å². The van der Waals surface area contributed by atoms with Crippen molar-refractivity contribution in [2.75, 3.05) is 31.7 Å². The Morgan fingerprint density at radius 1 is 1.50 bits per heavy atom. The van der Waals surface area contributed by atoms with E-state index >= 15 is 0 Å². The molecule has 2 rings (SSSR count). The average molecular weight is 278 g/mol. The minimum Gasteiger partial charge on any atom is -0.508 e. The number of aromatic hydroxyl groups is 1. The first-order valence-corrected chi connectivity index (χ1v) is 7.01. The molecule has 1 aliphatic heterocycles. The highest BCUT2D eigenvalue weighted by Crippen LogP contribution is 2.23. The second kappa shape index (κ2) is 6.72. The quantitative estimate of drug-likeness (QED) is 0.854. The molecule has 0 bridgehead atoms. The van der Waals surface area contributed by atoms with Crippen LogP contribution in [0.25, 0.3) is 0 Å². The molecule has 1 aromatic carbocycles. The van der Waals surface area contributed by atoms with Gasteiger partial charge in [-0.1, -0.05) is 13.0 Å². The van der Waals surface area contributed by atoms with Gasteiger partial charge in [-0.15, -0.1) is 0 Å². The summed E-state index contributed by atoms with van der Waals surface area (Å²) in [5, 5.41) is 12.9. The van der Waals surface area contributed by atoms with Gasteiger partial charge in [0.25, 0.3) is 0 Å². The van der Waals surface area contributed by atoms with E-state index in [1.807, 2.05) is 6.07 Å². The van der Waals surface area contributed by atoms with Crippen LogP contribution in [-0.2, 0) is 9.53 Å². The largest absolute Gasteiger partial charge is 0.508 e. The number of ether oxygens (including phenoxy) is 1. The second-order valence-electron chi connectivity index (χ2n) is 5.12. The van der Waals surface area contributed by atoms with Crippen molar-refractivity contribution in [2.24, 2.45) is 5.92 Å². The van der Waals surface area contributed by atoms with E-state index in [4.69, 9.17) is 4.74 Å². The Morgan fingerprint density at radius 2 is 2.30 bits per heavy atom. The summed E-state index contributed by atoms with van der Waals surface area (Å²) in [4.78, 5) is 14.1. The fourth-order valence-electron chi connectivity index (χ4n) is 2.41. The van der Waals surface area contributed by atoms with Gasteiger partial charge in [0.05, 0.1) is 19.1 Å². The third-order valence-corrected chi connectivity index (χ3v) is 3.60. The van der Waals surface area contributed by atoms with Gasteiger partial charge in [-0.2, -0.15) is 0 Å². The third-order valence-electron chi connectivity index (χ3n) is 3.60. The zero-order valence-corrected chi connectivity index (χ0v) is 12.0. The van der Waals surface area contributed by atoms with Crippen molar-refractivity contribution in [3.63, 3.8) is 0 Å². The van der Waals surface area contributed by atoms with Crippen LogP contribution in [0.3, 0.4) is 0 Å². The van der Waals surface area contributed by atoms with Crippen molar-refractivity contribution in [1.82, 2.24) is 5.32 Å². The standard InChI is InChI=1S/C15H22N2O3/c1-3-7-16-14-10-20-9-13(14)15(19)17(2)11-5-4-6-12(18)8-11/h4-6,8,13-14,16,18H,3,7,9-10H2,1-2H3. The summed E-state index contributed by atoms with van der Waals surface area (Å²) in [7, 11) is 1.73. The van der Waals surface area contributed by atoms with Gasteiger partial charge in [-0.25, -0.2) is 0 Å². The lowest BCUT2D eigenvalue weighted by molar-refractivity contribution is -0.122. The first-order chi connectivity index (χ1) is 9.63. The number of phenolic OH excluding ortho intramolecular Hbond substituents is 1. The van der Waals surface area contributed by atoms with Gasteiger partial charge in [-0.3, -0.25) is 4.79 Å². The van der Waals surface area contributed by atoms with E-state index in [2.05, 4.69) is 12.2 Å². The molecular formula is C15H22N2O3. The molecule has 0 saturated carbocycles. The van der Waals surface area contributed by atoms with Crippen LogP contribution in [0, 0.1) is 5.92 Å². The Morgan fingerprint density at radius 3 is 3.00 bits per heavy atom. The SMILES string of the molecule is CCCNC1COCC1C(=O)N(C)c1cccc(O)c1. The van der Waals surface area contributed by atoms with Crippen LogP contribution in [0.15, 0.2) is 24.3 Å². The molecule has 2 N–H and O–H groups in total. The number of hydrogen-bond donors (Lipinski definition) is 2. The fraction of sp³-hybridized carbons (Fsp3) is 0.533. The molecule has 1 saturated heterocycles. The van der Waals surface area contributed by atoms with Crippen LogP contribution in [0.5, 0.6) is 5.75 Å². The Kier molecular flexibility index (Phi) is 4.98. The summed E-state index contributed by atoms with van der Waals surface area (Å²) < 4.78 is 5.44. The monoisotopic (exact) mass is 278 g/mol. The van der Waals surface area contributed by atoms with Crippen LogP contribution < -0.4 is 10.2 Å². The molecule has 2 unspecified atom stereocenters. The van der Waals surface area contributed by atoms with E-state index in [9.17, 15) is 9.90 Å². The maximum absolute atomic E-state index is 12.6. The molecule has 0 radical (unpaired) electrons. The molecule has 1 heterocycles. The molecule has 110 valence electrons. The number of rotatable bonds is 5. The molecule has 2 atom stereocenters. The summed E-state index contributed by atoms with van der Waals surface area (Å²) in [6.07, 6.45) is 1.03. The molecule has 1 aromatic rings. The van der Waals surface area contributed by atoms with Crippen molar-refractivity contribution >= 4 is 11.6 Å². The summed E-state index contributed by atoms with van der Waals surface area (Å²) in [6.45, 7) is 4.00. The summed E-state index contributed by atoms with van der Waals surface area (Å²) in [6, 6.07) is 6.78. The van der Waals surface area contributed by atoms with Crippen LogP contribution >= 0.6 is 0 Å². The van der Waals surface area contributed by atoms with E-state index in [0.29, 0.717) is 18.9 Å². The normalized spacial score (nSPS) is 21.9. The van der Waals surface area contributed by atoms with Crippen LogP contribution in [0.1, 0.15) is 13.3 Å². The number of anilines is 1. The van der Waals surface area contributed by atoms with E-state index in [0.717, 1.165) is 13.0 Å². The number of amides is 1. The molecule has 0 aliphatic carbocycles. The molecule has 5 nitrogen and oxygen atoms in total. The number of benzene rings is 1. The lowest BCUT2D eigenvalue weighted by Crippen LogP contribution is -2.45. The van der Waals surface area contributed by atoms with Gasteiger partial charge < -0.3 is 20.1 Å². The smallest absolute Gasteiger partial charge is 0.233 e. The summed E-state index contributed by atoms with van der Waals surface area (Å²) in [5.41, 5.74) is 0.691.